The molecule has 0 aromatic carbocycles. The number of aromatic nitrogens is 2. The molecule has 2 aromatic rings. The Labute approximate surface area is 169 Å². The molecule has 1 fully saturated rings. The average molecular weight is 408 g/mol. The number of anilines is 1. The molecule has 1 N–H and O–H groups in total. The number of hydrogen-bond acceptors (Lipinski definition) is 6. The number of oxazole rings is 1. The standard InChI is InChI=1S/C20H29N3O2S2/c1-13-5-7-14(8-6-13)9-16(24)23-19-22-11-18(27-19)26-12-17-21-10-15(25-17)20(2,3)4/h10-11,13-14H,5-9,12H2,1-4H3,(H,22,23,24). The maximum Gasteiger partial charge on any atom is 0.226 e. The fourth-order valence-corrected chi connectivity index (χ4v) is 4.95. The van der Waals surface area contributed by atoms with Crippen LogP contribution in [0, 0.1) is 11.8 Å². The largest absolute Gasteiger partial charge is 0.444 e. The Morgan fingerprint density at radius 1 is 1.26 bits per heavy atom. The van der Waals surface area contributed by atoms with Crippen LogP contribution in [0.15, 0.2) is 21.0 Å². The van der Waals surface area contributed by atoms with Gasteiger partial charge in [-0.3, -0.25) is 4.79 Å². The molecule has 0 aliphatic heterocycles. The van der Waals surface area contributed by atoms with Gasteiger partial charge in [0.25, 0.3) is 0 Å². The molecule has 1 saturated carbocycles. The van der Waals surface area contributed by atoms with Crippen molar-refractivity contribution >= 4 is 34.1 Å². The van der Waals surface area contributed by atoms with Gasteiger partial charge < -0.3 is 9.73 Å². The van der Waals surface area contributed by atoms with E-state index in [1.54, 1.807) is 24.2 Å². The van der Waals surface area contributed by atoms with Crippen molar-refractivity contribution in [1.29, 1.82) is 0 Å². The first-order chi connectivity index (χ1) is 12.8. The van der Waals surface area contributed by atoms with Crippen molar-refractivity contribution in [3.05, 3.63) is 24.0 Å². The number of hydrogen-bond donors (Lipinski definition) is 1. The van der Waals surface area contributed by atoms with Crippen molar-refractivity contribution in [2.45, 2.75) is 75.2 Å². The highest BCUT2D eigenvalue weighted by molar-refractivity contribution is 8.00. The Morgan fingerprint density at radius 2 is 2.00 bits per heavy atom. The van der Waals surface area contributed by atoms with E-state index in [0.29, 0.717) is 23.2 Å². The van der Waals surface area contributed by atoms with E-state index >= 15 is 0 Å². The molecular formula is C20H29N3O2S2. The summed E-state index contributed by atoms with van der Waals surface area (Å²) in [6.07, 6.45) is 9.05. The van der Waals surface area contributed by atoms with Gasteiger partial charge in [-0.25, -0.2) is 9.97 Å². The van der Waals surface area contributed by atoms with E-state index in [4.69, 9.17) is 4.42 Å². The van der Waals surface area contributed by atoms with E-state index in [1.165, 1.54) is 37.0 Å². The molecule has 0 atom stereocenters. The number of thiazole rings is 1. The van der Waals surface area contributed by atoms with Gasteiger partial charge in [-0.1, -0.05) is 51.9 Å². The second-order valence-electron chi connectivity index (χ2n) is 8.52. The van der Waals surface area contributed by atoms with Crippen LogP contribution in [0.3, 0.4) is 0 Å². The van der Waals surface area contributed by atoms with Crippen molar-refractivity contribution in [3.63, 3.8) is 0 Å². The first kappa shape index (κ1) is 20.4. The highest BCUT2D eigenvalue weighted by Gasteiger charge is 2.21. The van der Waals surface area contributed by atoms with Crippen LogP contribution in [0.2, 0.25) is 0 Å². The van der Waals surface area contributed by atoms with Crippen molar-refractivity contribution in [2.75, 3.05) is 5.32 Å². The molecule has 2 heterocycles. The van der Waals surface area contributed by atoms with E-state index in [2.05, 4.69) is 43.0 Å². The first-order valence-electron chi connectivity index (χ1n) is 9.63. The van der Waals surface area contributed by atoms with Gasteiger partial charge >= 0.3 is 0 Å². The third-order valence-electron chi connectivity index (χ3n) is 4.97. The van der Waals surface area contributed by atoms with Crippen molar-refractivity contribution in [3.8, 4) is 0 Å². The van der Waals surface area contributed by atoms with Gasteiger partial charge in [0.1, 0.15) is 5.76 Å². The topological polar surface area (TPSA) is 68.0 Å². The van der Waals surface area contributed by atoms with Crippen LogP contribution < -0.4 is 5.32 Å². The zero-order chi connectivity index (χ0) is 19.4. The molecule has 7 heteroatoms. The highest BCUT2D eigenvalue weighted by atomic mass is 32.2. The molecule has 27 heavy (non-hydrogen) atoms. The summed E-state index contributed by atoms with van der Waals surface area (Å²) in [7, 11) is 0. The predicted octanol–water partition coefficient (Wildman–Crippen LogP) is 5.88. The molecule has 2 aromatic heterocycles. The number of thioether (sulfide) groups is 1. The Kier molecular flexibility index (Phi) is 6.63. The lowest BCUT2D eigenvalue weighted by Gasteiger charge is -2.25. The van der Waals surface area contributed by atoms with E-state index < -0.39 is 0 Å². The number of carbonyl (C=O) groups is 1. The molecule has 1 aliphatic carbocycles. The summed E-state index contributed by atoms with van der Waals surface area (Å²) in [4.78, 5) is 21.0. The van der Waals surface area contributed by atoms with Crippen LogP contribution in [-0.2, 0) is 16.0 Å². The van der Waals surface area contributed by atoms with Crippen LogP contribution >= 0.6 is 23.1 Å². The van der Waals surface area contributed by atoms with Gasteiger partial charge in [-0.05, 0) is 24.7 Å². The predicted molar refractivity (Wildman–Crippen MR) is 111 cm³/mol. The van der Waals surface area contributed by atoms with Gasteiger partial charge in [-0.15, -0.1) is 11.8 Å². The van der Waals surface area contributed by atoms with Gasteiger partial charge in [0.15, 0.2) is 5.13 Å². The molecule has 0 spiro atoms. The van der Waals surface area contributed by atoms with E-state index in [-0.39, 0.29) is 11.3 Å². The molecule has 5 nitrogen and oxygen atoms in total. The van der Waals surface area contributed by atoms with Crippen molar-refractivity contribution < 1.29 is 9.21 Å². The number of nitrogens with zero attached hydrogens (tertiary/aromatic N) is 2. The summed E-state index contributed by atoms with van der Waals surface area (Å²) in [5, 5.41) is 3.63. The quantitative estimate of drug-likeness (QED) is 0.606. The van der Waals surface area contributed by atoms with E-state index in [1.807, 2.05) is 0 Å². The summed E-state index contributed by atoms with van der Waals surface area (Å²) in [5.74, 6) is 3.69. The van der Waals surface area contributed by atoms with Gasteiger partial charge in [0.05, 0.1) is 22.4 Å². The second-order valence-corrected chi connectivity index (χ2v) is 10.8. The molecule has 1 amide bonds. The fourth-order valence-electron chi connectivity index (χ4n) is 3.21. The second kappa shape index (κ2) is 8.78. The van der Waals surface area contributed by atoms with Crippen LogP contribution in [-0.4, -0.2) is 15.9 Å². The lowest BCUT2D eigenvalue weighted by atomic mass is 9.81. The summed E-state index contributed by atoms with van der Waals surface area (Å²) in [6.45, 7) is 8.62. The van der Waals surface area contributed by atoms with Crippen LogP contribution in [0.5, 0.6) is 0 Å². The Hall–Kier alpha value is -1.34. The third-order valence-corrected chi connectivity index (χ3v) is 7.06. The Balaban J connectivity index is 1.45. The fraction of sp³-hybridized carbons (Fsp3) is 0.650. The molecule has 0 bridgehead atoms. The van der Waals surface area contributed by atoms with Gasteiger partial charge in [-0.2, -0.15) is 0 Å². The average Bonchev–Trinajstić information content (AvgIpc) is 3.24. The SMILES string of the molecule is CC1CCC(CC(=O)Nc2ncc(SCc3ncc(C(C)(C)C)o3)s2)CC1. The Morgan fingerprint density at radius 3 is 2.67 bits per heavy atom. The minimum atomic E-state index is -0.0335. The number of amides is 1. The zero-order valence-electron chi connectivity index (χ0n) is 16.6. The molecule has 0 radical (unpaired) electrons. The number of carbonyl (C=O) groups excluding carboxylic acids is 1. The van der Waals surface area contributed by atoms with Gasteiger partial charge in [0, 0.05) is 11.8 Å². The van der Waals surface area contributed by atoms with E-state index in [0.717, 1.165) is 21.8 Å². The van der Waals surface area contributed by atoms with Crippen molar-refractivity contribution in [2.24, 2.45) is 11.8 Å². The molecule has 148 valence electrons. The molecule has 0 unspecified atom stereocenters. The minimum absolute atomic E-state index is 0.0335. The van der Waals surface area contributed by atoms with Crippen LogP contribution in [0.25, 0.3) is 0 Å². The molecule has 0 saturated heterocycles. The molecule has 3 rings (SSSR count). The summed E-state index contributed by atoms with van der Waals surface area (Å²) < 4.78 is 6.86. The molecular weight excluding hydrogens is 378 g/mol. The normalized spacial score (nSPS) is 20.6. The van der Waals surface area contributed by atoms with E-state index in [9.17, 15) is 4.79 Å². The zero-order valence-corrected chi connectivity index (χ0v) is 18.2. The smallest absolute Gasteiger partial charge is 0.226 e. The lowest BCUT2D eigenvalue weighted by Crippen LogP contribution is -2.20. The minimum Gasteiger partial charge on any atom is -0.444 e. The van der Waals surface area contributed by atoms with Crippen LogP contribution in [0.4, 0.5) is 5.13 Å². The maximum absolute atomic E-state index is 12.3. The van der Waals surface area contributed by atoms with Crippen LogP contribution in [0.1, 0.15) is 71.5 Å². The highest BCUT2D eigenvalue weighted by Crippen LogP contribution is 2.33. The lowest BCUT2D eigenvalue weighted by molar-refractivity contribution is -0.117. The van der Waals surface area contributed by atoms with Crippen molar-refractivity contribution in [1.82, 2.24) is 9.97 Å². The summed E-state index contributed by atoms with van der Waals surface area (Å²) in [6, 6.07) is 0. The summed E-state index contributed by atoms with van der Waals surface area (Å²) >= 11 is 3.14. The van der Waals surface area contributed by atoms with Gasteiger partial charge in [0.2, 0.25) is 11.8 Å². The summed E-state index contributed by atoms with van der Waals surface area (Å²) in [5.41, 5.74) is -0.0335. The molecule has 1 aliphatic rings. The third kappa shape index (κ3) is 6.07. The Bertz CT molecular complexity index is 755. The number of rotatable bonds is 6. The monoisotopic (exact) mass is 407 g/mol. The number of nitrogens with one attached hydrogen (secondary N) is 1. The first-order valence-corrected chi connectivity index (χ1v) is 11.4. The maximum atomic E-state index is 12.3.